The van der Waals surface area contributed by atoms with Gasteiger partial charge in [0.1, 0.15) is 5.69 Å². The Morgan fingerprint density at radius 3 is 1.24 bits per heavy atom. The van der Waals surface area contributed by atoms with Gasteiger partial charge in [0.2, 0.25) is 0 Å². The number of hydrogen-bond donors (Lipinski definition) is 0. The lowest BCUT2D eigenvalue weighted by Gasteiger charge is -2.38. The highest BCUT2D eigenvalue weighted by molar-refractivity contribution is 6.13. The quantitative estimate of drug-likeness (QED) is 0.167. The van der Waals surface area contributed by atoms with E-state index in [1.165, 1.54) is 60.6 Å². The average Bonchev–Trinajstić information content (AvgIpc) is 3.95. The Morgan fingerprint density at radius 2 is 0.648 bits per heavy atom. The molecule has 2 aromatic heterocycles. The maximum absolute atomic E-state index is 6.76. The number of ether oxygens (including phenoxy) is 2. The number of para-hydroxylation sites is 5. The van der Waals surface area contributed by atoms with Crippen molar-refractivity contribution >= 4 is 60.7 Å². The van der Waals surface area contributed by atoms with Crippen LogP contribution in [0.1, 0.15) is 0 Å². The molecule has 11 aromatic carbocycles. The summed E-state index contributed by atoms with van der Waals surface area (Å²) in [6.45, 7) is 0. The minimum absolute atomic E-state index is 0.745. The van der Waals surface area contributed by atoms with E-state index in [1.54, 1.807) is 0 Å². The van der Waals surface area contributed by atoms with Gasteiger partial charge in [-0.25, -0.2) is 0 Å². The number of fused-ring (bicyclic) bond motifs is 10. The van der Waals surface area contributed by atoms with Crippen molar-refractivity contribution in [3.63, 3.8) is 0 Å². The zero-order chi connectivity index (χ0) is 46.6. The number of hydrogen-bond acceptors (Lipinski definition) is 3. The van der Waals surface area contributed by atoms with Gasteiger partial charge >= 0.3 is 0 Å². The van der Waals surface area contributed by atoms with Gasteiger partial charge in [0.05, 0.1) is 39.1 Å². The minimum atomic E-state index is 0.745. The number of rotatable bonds is 6. The van der Waals surface area contributed by atoms with Crippen molar-refractivity contribution in [2.75, 3.05) is 4.90 Å². The summed E-state index contributed by atoms with van der Waals surface area (Å²) >= 11 is 0. The van der Waals surface area contributed by atoms with Crippen molar-refractivity contribution in [2.45, 2.75) is 0 Å². The molecule has 0 saturated heterocycles. The molecule has 0 atom stereocenters. The molecule has 71 heavy (non-hydrogen) atoms. The molecule has 15 rings (SSSR count). The van der Waals surface area contributed by atoms with Gasteiger partial charge in [-0.2, -0.15) is 0 Å². The van der Waals surface area contributed by atoms with Crippen LogP contribution in [0.3, 0.4) is 0 Å². The number of anilines is 3. The third kappa shape index (κ3) is 6.20. The van der Waals surface area contributed by atoms with E-state index >= 15 is 0 Å². The van der Waals surface area contributed by atoms with Crippen LogP contribution < -0.4 is 14.4 Å². The summed E-state index contributed by atoms with van der Waals surface area (Å²) in [4.78, 5) is 2.27. The topological polar surface area (TPSA) is 31.6 Å². The minimum Gasteiger partial charge on any atom is -0.453 e. The third-order valence-corrected chi connectivity index (χ3v) is 14.4. The number of nitrogens with zero attached hydrogens (tertiary/aromatic N) is 3. The number of benzene rings is 11. The molecule has 0 bridgehead atoms. The Labute approximate surface area is 409 Å². The first-order chi connectivity index (χ1) is 35.2. The summed E-state index contributed by atoms with van der Waals surface area (Å²) in [6, 6.07) is 89.3. The molecule has 2 aliphatic rings. The summed E-state index contributed by atoms with van der Waals surface area (Å²) in [5.41, 5.74) is 18.9. The summed E-state index contributed by atoms with van der Waals surface area (Å²) in [6.07, 6.45) is 0. The first-order valence-corrected chi connectivity index (χ1v) is 24.1. The summed E-state index contributed by atoms with van der Waals surface area (Å²) in [5.74, 6) is 3.10. The highest BCUT2D eigenvalue weighted by Gasteiger charge is 2.35. The van der Waals surface area contributed by atoms with Gasteiger partial charge in [0.15, 0.2) is 23.0 Å². The molecular formula is C66H41N3O2. The van der Waals surface area contributed by atoms with Crippen LogP contribution in [0.2, 0.25) is 0 Å². The maximum atomic E-state index is 6.76. The average molecular weight is 908 g/mol. The van der Waals surface area contributed by atoms with Gasteiger partial charge in [-0.05, 0) is 129 Å². The highest BCUT2D eigenvalue weighted by atomic mass is 16.5. The van der Waals surface area contributed by atoms with Crippen molar-refractivity contribution in [3.05, 3.63) is 249 Å². The van der Waals surface area contributed by atoms with Gasteiger partial charge in [0, 0.05) is 39.4 Å². The Balaban J connectivity index is 0.881. The van der Waals surface area contributed by atoms with Gasteiger partial charge in [-0.3, -0.25) is 4.90 Å². The lowest BCUT2D eigenvalue weighted by molar-refractivity contribution is 0.445. The molecule has 0 fully saturated rings. The van der Waals surface area contributed by atoms with E-state index in [1.807, 2.05) is 24.3 Å². The predicted molar refractivity (Wildman–Crippen MR) is 292 cm³/mol. The van der Waals surface area contributed by atoms with Crippen LogP contribution in [0.4, 0.5) is 17.1 Å². The smallest absolute Gasteiger partial charge is 0.157 e. The molecule has 0 saturated carbocycles. The lowest BCUT2D eigenvalue weighted by atomic mass is 9.99. The fraction of sp³-hybridized carbons (Fsp3) is 0. The fourth-order valence-electron chi connectivity index (χ4n) is 11.2. The van der Waals surface area contributed by atoms with E-state index in [0.29, 0.717) is 0 Å². The van der Waals surface area contributed by atoms with Crippen molar-refractivity contribution in [1.82, 2.24) is 9.13 Å². The van der Waals surface area contributed by atoms with E-state index in [9.17, 15) is 0 Å². The molecule has 0 radical (unpaired) electrons. The second-order valence-electron chi connectivity index (χ2n) is 18.5. The predicted octanol–water partition coefficient (Wildman–Crippen LogP) is 18.2. The van der Waals surface area contributed by atoms with Crippen LogP contribution in [-0.4, -0.2) is 9.13 Å². The standard InChI is InChI=1S/C66H41N3O2/c1-3-15-42(16-4-1)44-19-13-20-45(35-44)46-21-14-22-50(36-46)67-56-24-8-7-23-52(56)53-38-48(30-33-57(53)67)49-31-34-59-55(39-49)54-37-47(43-17-5-2-6-18-43)29-32-58(54)68(59)51-40-64-66-65(41-51)71-63-28-12-10-26-61(63)69(66)60-25-9-11-27-62(60)70-64/h1-41H. The van der Waals surface area contributed by atoms with Crippen molar-refractivity contribution in [3.8, 4) is 78.9 Å². The first kappa shape index (κ1) is 39.4. The van der Waals surface area contributed by atoms with Gasteiger partial charge in [0.25, 0.3) is 0 Å². The van der Waals surface area contributed by atoms with E-state index in [4.69, 9.17) is 9.47 Å². The highest BCUT2D eigenvalue weighted by Crippen LogP contribution is 2.60. The van der Waals surface area contributed by atoms with E-state index < -0.39 is 0 Å². The van der Waals surface area contributed by atoms with E-state index in [2.05, 4.69) is 238 Å². The molecule has 0 spiro atoms. The van der Waals surface area contributed by atoms with Crippen LogP contribution >= 0.6 is 0 Å². The third-order valence-electron chi connectivity index (χ3n) is 14.4. The second-order valence-corrected chi connectivity index (χ2v) is 18.5. The Hall–Kier alpha value is -9.58. The van der Waals surface area contributed by atoms with E-state index in [-0.39, 0.29) is 0 Å². The van der Waals surface area contributed by atoms with Crippen molar-refractivity contribution < 1.29 is 9.47 Å². The normalized spacial score (nSPS) is 12.4. The van der Waals surface area contributed by atoms with Crippen LogP contribution in [0, 0.1) is 0 Å². The van der Waals surface area contributed by atoms with Crippen molar-refractivity contribution in [1.29, 1.82) is 0 Å². The Bertz CT molecular complexity index is 4230. The molecule has 332 valence electrons. The van der Waals surface area contributed by atoms with Crippen LogP contribution in [-0.2, 0) is 0 Å². The molecule has 13 aromatic rings. The maximum Gasteiger partial charge on any atom is 0.157 e. The second kappa shape index (κ2) is 15.5. The molecule has 2 aliphatic heterocycles. The zero-order valence-corrected chi connectivity index (χ0v) is 38.3. The zero-order valence-electron chi connectivity index (χ0n) is 38.3. The van der Waals surface area contributed by atoms with Crippen LogP contribution in [0.5, 0.6) is 23.0 Å². The van der Waals surface area contributed by atoms with Gasteiger partial charge in [-0.15, -0.1) is 0 Å². The van der Waals surface area contributed by atoms with Crippen LogP contribution in [0.15, 0.2) is 249 Å². The van der Waals surface area contributed by atoms with Crippen molar-refractivity contribution in [2.24, 2.45) is 0 Å². The molecule has 4 heterocycles. The molecule has 5 heteroatoms. The molecule has 0 unspecified atom stereocenters. The summed E-state index contributed by atoms with van der Waals surface area (Å²) in [5, 5.41) is 4.76. The van der Waals surface area contributed by atoms with Gasteiger partial charge in [-0.1, -0.05) is 152 Å². The lowest BCUT2D eigenvalue weighted by Crippen LogP contribution is -2.20. The molecule has 0 N–H and O–H groups in total. The molecule has 0 amide bonds. The molecule has 5 nitrogen and oxygen atoms in total. The largest absolute Gasteiger partial charge is 0.453 e. The summed E-state index contributed by atoms with van der Waals surface area (Å²) < 4.78 is 18.3. The first-order valence-electron chi connectivity index (χ1n) is 24.1. The van der Waals surface area contributed by atoms with Crippen LogP contribution in [0.25, 0.3) is 99.5 Å². The van der Waals surface area contributed by atoms with Gasteiger partial charge < -0.3 is 18.6 Å². The Morgan fingerprint density at radius 1 is 0.239 bits per heavy atom. The molecule has 0 aliphatic carbocycles. The Kier molecular flexibility index (Phi) is 8.59. The SMILES string of the molecule is c1ccc(-c2cccc(-c3cccc(-n4c5ccccc5c5cc(-c6ccc7c(c6)c6cc(-c8ccccc8)ccc6n7-c6cc7c8c(c6)Oc6ccccc6N8c6ccccc6O7)ccc54)c3)c2)cc1. The monoisotopic (exact) mass is 907 g/mol. The molecular weight excluding hydrogens is 867 g/mol. The van der Waals surface area contributed by atoms with E-state index in [0.717, 1.165) is 79.0 Å². The number of aromatic nitrogens is 2. The fourth-order valence-corrected chi connectivity index (χ4v) is 11.2. The summed E-state index contributed by atoms with van der Waals surface area (Å²) in [7, 11) is 0.